The first-order chi connectivity index (χ1) is 6.49. The van der Waals surface area contributed by atoms with Gasteiger partial charge in [-0.15, -0.1) is 0 Å². The van der Waals surface area contributed by atoms with Crippen molar-refractivity contribution >= 4 is 19.8 Å². The second-order valence-electron chi connectivity index (χ2n) is 4.82. The van der Waals surface area contributed by atoms with E-state index in [1.54, 1.807) is 0 Å². The molecule has 1 heterocycles. The molecule has 0 aliphatic heterocycles. The zero-order valence-electron chi connectivity index (χ0n) is 9.58. The molecule has 0 amide bonds. The highest BCUT2D eigenvalue weighted by Gasteiger charge is 2.12. The number of nitrogens with zero attached hydrogens (tertiary/aromatic N) is 2. The van der Waals surface area contributed by atoms with Crippen LogP contribution in [0.5, 0.6) is 0 Å². The fourth-order valence-electron chi connectivity index (χ4n) is 1.08. The van der Waals surface area contributed by atoms with Crippen LogP contribution in [0, 0.1) is 0 Å². The van der Waals surface area contributed by atoms with Crippen LogP contribution < -0.4 is 0 Å². The molecular formula is C10H20N2SSi. The van der Waals surface area contributed by atoms with Crippen molar-refractivity contribution in [2.24, 2.45) is 7.05 Å². The molecule has 0 bridgehead atoms. The third-order valence-electron chi connectivity index (χ3n) is 2.15. The molecule has 2 nitrogen and oxygen atoms in total. The maximum absolute atomic E-state index is 4.30. The van der Waals surface area contributed by atoms with Crippen LogP contribution in [0.25, 0.3) is 0 Å². The second-order valence-corrected chi connectivity index (χ2v) is 11.5. The molecule has 0 saturated carbocycles. The maximum Gasteiger partial charge on any atom is 0.118 e. The molecule has 0 unspecified atom stereocenters. The van der Waals surface area contributed by atoms with Gasteiger partial charge < -0.3 is 4.57 Å². The van der Waals surface area contributed by atoms with Crippen LogP contribution in [-0.4, -0.2) is 23.4 Å². The summed E-state index contributed by atoms with van der Waals surface area (Å²) in [5, 5.41) is 0. The third-order valence-corrected chi connectivity index (χ3v) is 5.22. The molecule has 0 fully saturated rings. The van der Waals surface area contributed by atoms with Crippen molar-refractivity contribution in [1.82, 2.24) is 9.55 Å². The molecule has 1 aromatic rings. The molecule has 80 valence electrons. The van der Waals surface area contributed by atoms with E-state index >= 15 is 0 Å². The van der Waals surface area contributed by atoms with Crippen LogP contribution in [-0.2, 0) is 12.8 Å². The molecule has 0 atom stereocenters. The van der Waals surface area contributed by atoms with Crippen molar-refractivity contribution in [2.45, 2.75) is 31.4 Å². The van der Waals surface area contributed by atoms with Gasteiger partial charge in [0.05, 0.1) is 5.75 Å². The summed E-state index contributed by atoms with van der Waals surface area (Å²) in [6.07, 6.45) is 3.88. The molecule has 0 radical (unpaired) electrons. The molecular weight excluding hydrogens is 208 g/mol. The van der Waals surface area contributed by atoms with Gasteiger partial charge in [0.25, 0.3) is 0 Å². The number of thioether (sulfide) groups is 1. The predicted octanol–water partition coefficient (Wildman–Crippen LogP) is 2.99. The Morgan fingerprint density at radius 2 is 2.14 bits per heavy atom. The summed E-state index contributed by atoms with van der Waals surface area (Å²) < 4.78 is 2.10. The molecule has 0 aromatic carbocycles. The summed E-state index contributed by atoms with van der Waals surface area (Å²) in [6.45, 7) is 7.27. The van der Waals surface area contributed by atoms with E-state index in [4.69, 9.17) is 0 Å². The Hall–Kier alpha value is -0.223. The average Bonchev–Trinajstić information content (AvgIpc) is 2.44. The van der Waals surface area contributed by atoms with E-state index in [-0.39, 0.29) is 0 Å². The van der Waals surface area contributed by atoms with Gasteiger partial charge in [0.1, 0.15) is 5.82 Å². The van der Waals surface area contributed by atoms with E-state index in [1.807, 2.05) is 24.2 Å². The molecule has 0 aliphatic rings. The molecule has 0 saturated heterocycles. The van der Waals surface area contributed by atoms with Crippen molar-refractivity contribution in [1.29, 1.82) is 0 Å². The van der Waals surface area contributed by atoms with Crippen LogP contribution in [0.3, 0.4) is 0 Å². The van der Waals surface area contributed by atoms with Gasteiger partial charge in [-0.25, -0.2) is 4.98 Å². The van der Waals surface area contributed by atoms with Crippen molar-refractivity contribution in [3.05, 3.63) is 18.2 Å². The summed E-state index contributed by atoms with van der Waals surface area (Å²) in [4.78, 5) is 4.30. The van der Waals surface area contributed by atoms with E-state index in [9.17, 15) is 0 Å². The Bertz CT molecular complexity index is 278. The van der Waals surface area contributed by atoms with E-state index in [0.29, 0.717) is 0 Å². The van der Waals surface area contributed by atoms with Gasteiger partial charge in [0, 0.05) is 27.5 Å². The monoisotopic (exact) mass is 228 g/mol. The quantitative estimate of drug-likeness (QED) is 0.569. The molecule has 0 spiro atoms. The normalized spacial score (nSPS) is 12.0. The SMILES string of the molecule is Cn1ccnc1CSCC[Si](C)(C)C. The minimum absolute atomic E-state index is 0.841. The van der Waals surface area contributed by atoms with Crippen molar-refractivity contribution in [2.75, 3.05) is 5.75 Å². The van der Waals surface area contributed by atoms with E-state index in [1.165, 1.54) is 17.6 Å². The molecule has 1 aromatic heterocycles. The lowest BCUT2D eigenvalue weighted by molar-refractivity contribution is 0.849. The predicted molar refractivity (Wildman–Crippen MR) is 67.5 cm³/mol. The third kappa shape index (κ3) is 4.33. The van der Waals surface area contributed by atoms with Gasteiger partial charge >= 0.3 is 0 Å². The number of imidazole rings is 1. The van der Waals surface area contributed by atoms with E-state index < -0.39 is 8.07 Å². The van der Waals surface area contributed by atoms with Crippen molar-refractivity contribution in [3.63, 3.8) is 0 Å². The molecule has 0 N–H and O–H groups in total. The highest BCUT2D eigenvalue weighted by Crippen LogP contribution is 2.16. The lowest BCUT2D eigenvalue weighted by Crippen LogP contribution is -2.19. The average molecular weight is 228 g/mol. The number of aryl methyl sites for hydroxylation is 1. The van der Waals surface area contributed by atoms with Crippen LogP contribution in [0.2, 0.25) is 25.7 Å². The zero-order chi connectivity index (χ0) is 10.6. The van der Waals surface area contributed by atoms with Gasteiger partial charge in [-0.05, 0) is 11.8 Å². The van der Waals surface area contributed by atoms with Crippen LogP contribution in [0.4, 0.5) is 0 Å². The smallest absolute Gasteiger partial charge is 0.118 e. The number of aromatic nitrogens is 2. The minimum Gasteiger partial charge on any atom is -0.337 e. The van der Waals surface area contributed by atoms with Crippen molar-refractivity contribution < 1.29 is 0 Å². The van der Waals surface area contributed by atoms with Gasteiger partial charge in [0.15, 0.2) is 0 Å². The summed E-state index contributed by atoms with van der Waals surface area (Å²) >= 11 is 2.00. The first-order valence-electron chi connectivity index (χ1n) is 5.03. The topological polar surface area (TPSA) is 17.8 Å². The second kappa shape index (κ2) is 5.03. The highest BCUT2D eigenvalue weighted by molar-refractivity contribution is 7.98. The Morgan fingerprint density at radius 1 is 1.43 bits per heavy atom. The molecule has 4 heteroatoms. The van der Waals surface area contributed by atoms with Gasteiger partial charge in [0.2, 0.25) is 0 Å². The Balaban J connectivity index is 2.20. The highest BCUT2D eigenvalue weighted by atomic mass is 32.2. The Morgan fingerprint density at radius 3 is 2.64 bits per heavy atom. The summed E-state index contributed by atoms with van der Waals surface area (Å²) in [7, 11) is 1.22. The van der Waals surface area contributed by atoms with E-state index in [0.717, 1.165) is 5.75 Å². The largest absolute Gasteiger partial charge is 0.337 e. The van der Waals surface area contributed by atoms with Gasteiger partial charge in [-0.1, -0.05) is 19.6 Å². The number of rotatable bonds is 5. The summed E-state index contributed by atoms with van der Waals surface area (Å²) in [5.41, 5.74) is 0. The lowest BCUT2D eigenvalue weighted by Gasteiger charge is -2.14. The molecule has 0 aliphatic carbocycles. The fraction of sp³-hybridized carbons (Fsp3) is 0.700. The van der Waals surface area contributed by atoms with Crippen LogP contribution in [0.1, 0.15) is 5.82 Å². The minimum atomic E-state index is -0.841. The molecule has 14 heavy (non-hydrogen) atoms. The fourth-order valence-corrected chi connectivity index (χ4v) is 4.71. The lowest BCUT2D eigenvalue weighted by atomic mass is 10.7. The van der Waals surface area contributed by atoms with Gasteiger partial charge in [-0.3, -0.25) is 0 Å². The standard InChI is InChI=1S/C10H20N2SSi/c1-12-6-5-11-10(12)9-13-7-8-14(2,3)4/h5-6H,7-9H2,1-4H3. The molecule has 1 rings (SSSR count). The maximum atomic E-state index is 4.30. The van der Waals surface area contributed by atoms with Gasteiger partial charge in [-0.2, -0.15) is 11.8 Å². The van der Waals surface area contributed by atoms with Crippen LogP contribution in [0.15, 0.2) is 12.4 Å². The summed E-state index contributed by atoms with van der Waals surface area (Å²) in [5.74, 6) is 3.52. The van der Waals surface area contributed by atoms with Crippen molar-refractivity contribution in [3.8, 4) is 0 Å². The Kier molecular flexibility index (Phi) is 4.25. The number of hydrogen-bond donors (Lipinski definition) is 0. The first kappa shape index (κ1) is 11.8. The number of hydrogen-bond acceptors (Lipinski definition) is 2. The zero-order valence-corrected chi connectivity index (χ0v) is 11.4. The first-order valence-corrected chi connectivity index (χ1v) is 9.89. The van der Waals surface area contributed by atoms with E-state index in [2.05, 4.69) is 36.2 Å². The van der Waals surface area contributed by atoms with Crippen LogP contribution >= 0.6 is 11.8 Å². The summed E-state index contributed by atoms with van der Waals surface area (Å²) in [6, 6.07) is 1.40. The Labute approximate surface area is 92.1 Å².